The zero-order valence-corrected chi connectivity index (χ0v) is 22.6. The summed E-state index contributed by atoms with van der Waals surface area (Å²) in [6.07, 6.45) is 0. The Morgan fingerprint density at radius 3 is 1.05 bits per heavy atom. The fraction of sp³-hybridized carbons (Fsp3) is 0.357. The van der Waals surface area contributed by atoms with E-state index in [0.29, 0.717) is 0 Å². The highest BCUT2D eigenvalue weighted by Crippen LogP contribution is 2.64. The average molecular weight is 547 g/mol. The van der Waals surface area contributed by atoms with Gasteiger partial charge in [-0.1, -0.05) is 48.5 Å². The molecule has 2 aliphatic carbocycles. The van der Waals surface area contributed by atoms with Crippen LogP contribution in [0.4, 0.5) is 0 Å². The number of hydrogen-bond donors (Lipinski definition) is 0. The molecule has 0 radical (unpaired) electrons. The van der Waals surface area contributed by atoms with Gasteiger partial charge in [0, 0.05) is 31.7 Å². The minimum absolute atomic E-state index is 0.220. The SMILES string of the molecule is CC1(C)SC2(C(=O)c3ccccc3C2=O)N2C(=O)C3N(C(=O)C21)C1(SC3(C)C)C(=O)c2ccccc2C1=O. The molecule has 0 bridgehead atoms. The van der Waals surface area contributed by atoms with E-state index in [2.05, 4.69) is 0 Å². The third-order valence-electron chi connectivity index (χ3n) is 8.34. The van der Waals surface area contributed by atoms with Crippen LogP contribution < -0.4 is 0 Å². The number of carbonyl (C=O) groups is 6. The maximum absolute atomic E-state index is 14.5. The molecule has 3 saturated heterocycles. The molecule has 2 unspecified atom stereocenters. The first-order valence-electron chi connectivity index (χ1n) is 12.3. The third kappa shape index (κ3) is 2.34. The molecule has 2 atom stereocenters. The number of nitrogens with zero attached hydrogens (tertiary/aromatic N) is 2. The Morgan fingerprint density at radius 1 is 0.526 bits per heavy atom. The van der Waals surface area contributed by atoms with Gasteiger partial charge in [-0.15, -0.1) is 23.5 Å². The van der Waals surface area contributed by atoms with Crippen LogP contribution in [0.1, 0.15) is 69.1 Å². The van der Waals surface area contributed by atoms with Crippen molar-refractivity contribution in [3.05, 3.63) is 70.8 Å². The molecule has 8 nitrogen and oxygen atoms in total. The van der Waals surface area contributed by atoms with Gasteiger partial charge in [-0.3, -0.25) is 38.6 Å². The van der Waals surface area contributed by atoms with Crippen molar-refractivity contribution < 1.29 is 28.8 Å². The number of amides is 2. The fourth-order valence-corrected chi connectivity index (χ4v) is 10.5. The summed E-state index contributed by atoms with van der Waals surface area (Å²) in [5, 5.41) is 0. The monoisotopic (exact) mass is 546 g/mol. The number of Topliss-reactive ketones (excluding diaryl/α,β-unsaturated/α-hetero) is 4. The van der Waals surface area contributed by atoms with E-state index in [1.165, 1.54) is 9.80 Å². The molecule has 2 aromatic carbocycles. The van der Waals surface area contributed by atoms with Crippen LogP contribution in [0.3, 0.4) is 0 Å². The van der Waals surface area contributed by atoms with E-state index >= 15 is 0 Å². The zero-order valence-electron chi connectivity index (χ0n) is 20.9. The molecule has 0 N–H and O–H groups in total. The molecule has 0 aromatic heterocycles. The van der Waals surface area contributed by atoms with Gasteiger partial charge in [0.2, 0.25) is 44.7 Å². The van der Waals surface area contributed by atoms with Crippen molar-refractivity contribution in [3.63, 3.8) is 0 Å². The standard InChI is InChI=1S/C28H22N2O6S2/c1-25(2)17-23(35)30-18(26(3,4)38-28(30)21(33)15-11-7-8-12-16(15)22(28)34)24(36)29(17)27(37-25)19(31)13-9-5-6-10-14(13)20(27)32/h5-12,17-18H,1-4H3. The lowest BCUT2D eigenvalue weighted by atomic mass is 9.86. The van der Waals surface area contributed by atoms with E-state index in [4.69, 9.17) is 0 Å². The molecule has 38 heavy (non-hydrogen) atoms. The van der Waals surface area contributed by atoms with Crippen LogP contribution in [0.5, 0.6) is 0 Å². The molecular weight excluding hydrogens is 524 g/mol. The Bertz CT molecular complexity index is 1410. The molecule has 7 rings (SSSR count). The molecule has 2 amide bonds. The van der Waals surface area contributed by atoms with E-state index in [1.807, 2.05) is 0 Å². The predicted molar refractivity (Wildman–Crippen MR) is 140 cm³/mol. The molecule has 3 fully saturated rings. The minimum Gasteiger partial charge on any atom is -0.299 e. The van der Waals surface area contributed by atoms with Crippen molar-refractivity contribution in [3.8, 4) is 0 Å². The summed E-state index contributed by atoms with van der Waals surface area (Å²) in [7, 11) is 0. The van der Waals surface area contributed by atoms with E-state index in [9.17, 15) is 28.8 Å². The zero-order chi connectivity index (χ0) is 27.2. The van der Waals surface area contributed by atoms with Crippen molar-refractivity contribution in [2.75, 3.05) is 0 Å². The number of fused-ring (bicyclic) bond motifs is 6. The molecule has 192 valence electrons. The van der Waals surface area contributed by atoms with Crippen molar-refractivity contribution in [1.29, 1.82) is 0 Å². The number of hydrogen-bond acceptors (Lipinski definition) is 8. The Hall–Kier alpha value is -3.24. The van der Waals surface area contributed by atoms with Crippen LogP contribution in [-0.2, 0) is 9.59 Å². The van der Waals surface area contributed by atoms with Gasteiger partial charge < -0.3 is 0 Å². The molecule has 2 aromatic rings. The van der Waals surface area contributed by atoms with E-state index < -0.39 is 66.3 Å². The Kier molecular flexibility index (Phi) is 4.29. The smallest absolute Gasteiger partial charge is 0.249 e. The van der Waals surface area contributed by atoms with E-state index in [1.54, 1.807) is 76.2 Å². The van der Waals surface area contributed by atoms with Gasteiger partial charge in [0.05, 0.1) is 0 Å². The summed E-state index contributed by atoms with van der Waals surface area (Å²) in [6.45, 7) is 6.86. The van der Waals surface area contributed by atoms with Crippen molar-refractivity contribution in [1.82, 2.24) is 9.80 Å². The van der Waals surface area contributed by atoms with E-state index in [-0.39, 0.29) is 22.3 Å². The summed E-state index contributed by atoms with van der Waals surface area (Å²) < 4.78 is -2.14. The van der Waals surface area contributed by atoms with Gasteiger partial charge in [0.15, 0.2) is 0 Å². The van der Waals surface area contributed by atoms with Crippen LogP contribution in [0.2, 0.25) is 0 Å². The molecule has 10 heteroatoms. The highest BCUT2D eigenvalue weighted by molar-refractivity contribution is 8.04. The molecule has 0 saturated carbocycles. The summed E-state index contributed by atoms with van der Waals surface area (Å²) in [5.74, 6) is -3.29. The molecule has 3 heterocycles. The van der Waals surface area contributed by atoms with Crippen molar-refractivity contribution >= 4 is 58.5 Å². The number of thioether (sulfide) groups is 2. The topological polar surface area (TPSA) is 109 Å². The molecule has 2 spiro atoms. The minimum atomic E-state index is -1.92. The first-order valence-corrected chi connectivity index (χ1v) is 13.9. The second kappa shape index (κ2) is 6.84. The van der Waals surface area contributed by atoms with E-state index in [0.717, 1.165) is 23.5 Å². The fourth-order valence-electron chi connectivity index (χ4n) is 6.92. The highest BCUT2D eigenvalue weighted by Gasteiger charge is 2.79. The quantitative estimate of drug-likeness (QED) is 0.464. The summed E-state index contributed by atoms with van der Waals surface area (Å²) >= 11 is 2.01. The van der Waals surface area contributed by atoms with Crippen molar-refractivity contribution in [2.24, 2.45) is 0 Å². The van der Waals surface area contributed by atoms with Crippen LogP contribution in [0.15, 0.2) is 48.5 Å². The van der Waals surface area contributed by atoms with Crippen LogP contribution in [0, 0.1) is 0 Å². The summed E-state index contributed by atoms with van der Waals surface area (Å²) in [6, 6.07) is 10.4. The lowest BCUT2D eigenvalue weighted by Crippen LogP contribution is -2.74. The van der Waals surface area contributed by atoms with Gasteiger partial charge in [-0.25, -0.2) is 0 Å². The van der Waals surface area contributed by atoms with Crippen molar-refractivity contribution in [2.45, 2.75) is 59.0 Å². The van der Waals surface area contributed by atoms with Crippen LogP contribution >= 0.6 is 23.5 Å². The summed E-state index contributed by atoms with van der Waals surface area (Å²) in [4.78, 5) is 83.3. The van der Waals surface area contributed by atoms with Gasteiger partial charge >= 0.3 is 0 Å². The number of benzene rings is 2. The lowest BCUT2D eigenvalue weighted by molar-refractivity contribution is -0.164. The van der Waals surface area contributed by atoms with Gasteiger partial charge in [0.1, 0.15) is 12.1 Å². The summed E-state index contributed by atoms with van der Waals surface area (Å²) in [5.41, 5.74) is 0.879. The average Bonchev–Trinajstić information content (AvgIpc) is 3.45. The lowest BCUT2D eigenvalue weighted by Gasteiger charge is -2.48. The normalized spacial score (nSPS) is 28.8. The maximum atomic E-state index is 14.5. The molecular formula is C28H22N2O6S2. The Morgan fingerprint density at radius 2 is 0.789 bits per heavy atom. The molecule has 5 aliphatic rings. The largest absolute Gasteiger partial charge is 0.299 e. The van der Waals surface area contributed by atoms with Gasteiger partial charge in [-0.05, 0) is 27.7 Å². The number of rotatable bonds is 0. The first-order chi connectivity index (χ1) is 17.8. The number of ketones is 4. The maximum Gasteiger partial charge on any atom is 0.249 e. The Labute approximate surface area is 226 Å². The number of piperazine rings is 1. The number of carbonyl (C=O) groups excluding carboxylic acids is 6. The Balaban J connectivity index is 1.44. The van der Waals surface area contributed by atoms with Gasteiger partial charge in [-0.2, -0.15) is 0 Å². The van der Waals surface area contributed by atoms with Crippen LogP contribution in [-0.4, -0.2) is 76.1 Å². The highest BCUT2D eigenvalue weighted by atomic mass is 32.2. The van der Waals surface area contributed by atoms with Crippen LogP contribution in [0.25, 0.3) is 0 Å². The van der Waals surface area contributed by atoms with Gasteiger partial charge in [0.25, 0.3) is 0 Å². The molecule has 3 aliphatic heterocycles. The predicted octanol–water partition coefficient (Wildman–Crippen LogP) is 3.00. The second-order valence-electron chi connectivity index (χ2n) is 11.3. The second-order valence-corrected chi connectivity index (χ2v) is 15.0. The first kappa shape index (κ1) is 23.8. The third-order valence-corrected chi connectivity index (χ3v) is 11.6.